The largest absolute Gasteiger partial charge is 0.312 e. The van der Waals surface area contributed by atoms with Gasteiger partial charge in [-0.15, -0.1) is 0 Å². The van der Waals surface area contributed by atoms with Gasteiger partial charge < -0.3 is 5.32 Å². The molecule has 1 nitrogen and oxygen atoms in total. The molecular formula is C17H26FN. The summed E-state index contributed by atoms with van der Waals surface area (Å²) >= 11 is 0. The molecule has 0 radical (unpaired) electrons. The average molecular weight is 263 g/mol. The Morgan fingerprint density at radius 2 is 1.89 bits per heavy atom. The highest BCUT2D eigenvalue weighted by atomic mass is 19.1. The molecule has 1 fully saturated rings. The number of benzene rings is 1. The second-order valence-electron chi connectivity index (χ2n) is 7.00. The van der Waals surface area contributed by atoms with Gasteiger partial charge in [-0.05, 0) is 88.6 Å². The Kier molecular flexibility index (Phi) is 4.29. The smallest absolute Gasteiger partial charge is 0.123 e. The van der Waals surface area contributed by atoms with E-state index in [2.05, 4.69) is 26.1 Å². The van der Waals surface area contributed by atoms with Gasteiger partial charge in [-0.2, -0.15) is 0 Å². The molecule has 2 unspecified atom stereocenters. The Labute approximate surface area is 116 Å². The van der Waals surface area contributed by atoms with Crippen molar-refractivity contribution in [1.29, 1.82) is 0 Å². The van der Waals surface area contributed by atoms with Gasteiger partial charge in [0.1, 0.15) is 5.82 Å². The van der Waals surface area contributed by atoms with E-state index in [-0.39, 0.29) is 11.4 Å². The van der Waals surface area contributed by atoms with Crippen LogP contribution in [0.4, 0.5) is 4.39 Å². The Hall–Kier alpha value is -0.890. The summed E-state index contributed by atoms with van der Waals surface area (Å²) in [5.74, 6) is 1.42. The van der Waals surface area contributed by atoms with Gasteiger partial charge in [0.15, 0.2) is 0 Å². The van der Waals surface area contributed by atoms with Crippen LogP contribution in [0.25, 0.3) is 0 Å². The minimum atomic E-state index is -0.124. The molecule has 0 amide bonds. The normalized spacial score (nSPS) is 23.2. The summed E-state index contributed by atoms with van der Waals surface area (Å²) < 4.78 is 13.1. The van der Waals surface area contributed by atoms with Crippen LogP contribution < -0.4 is 5.32 Å². The number of hydrogen-bond donors (Lipinski definition) is 1. The minimum absolute atomic E-state index is 0.124. The molecule has 106 valence electrons. The highest BCUT2D eigenvalue weighted by Crippen LogP contribution is 2.37. The van der Waals surface area contributed by atoms with Crippen LogP contribution in [0.15, 0.2) is 18.2 Å². The zero-order valence-electron chi connectivity index (χ0n) is 12.6. The third kappa shape index (κ3) is 4.04. The van der Waals surface area contributed by atoms with Crippen LogP contribution in [0.2, 0.25) is 0 Å². The summed E-state index contributed by atoms with van der Waals surface area (Å²) in [7, 11) is 0. The lowest BCUT2D eigenvalue weighted by Gasteiger charge is -2.39. The van der Waals surface area contributed by atoms with Crippen LogP contribution in [0.1, 0.15) is 44.7 Å². The lowest BCUT2D eigenvalue weighted by Crippen LogP contribution is -2.44. The quantitative estimate of drug-likeness (QED) is 0.862. The van der Waals surface area contributed by atoms with Crippen molar-refractivity contribution in [1.82, 2.24) is 5.32 Å². The van der Waals surface area contributed by atoms with E-state index in [1.165, 1.54) is 18.4 Å². The van der Waals surface area contributed by atoms with Gasteiger partial charge in [-0.3, -0.25) is 0 Å². The second-order valence-corrected chi connectivity index (χ2v) is 7.00. The summed E-state index contributed by atoms with van der Waals surface area (Å²) in [6.45, 7) is 9.76. The van der Waals surface area contributed by atoms with Crippen molar-refractivity contribution >= 4 is 0 Å². The van der Waals surface area contributed by atoms with E-state index in [9.17, 15) is 4.39 Å². The van der Waals surface area contributed by atoms with Crippen LogP contribution in [0.5, 0.6) is 0 Å². The molecule has 2 heteroatoms. The van der Waals surface area contributed by atoms with E-state index >= 15 is 0 Å². The lowest BCUT2D eigenvalue weighted by molar-refractivity contribution is 0.159. The first-order valence-electron chi connectivity index (χ1n) is 7.35. The fourth-order valence-electron chi connectivity index (χ4n) is 2.78. The molecule has 1 aliphatic rings. The van der Waals surface area contributed by atoms with Crippen LogP contribution in [0, 0.1) is 24.6 Å². The molecule has 2 rings (SSSR count). The van der Waals surface area contributed by atoms with Crippen LogP contribution in [0.3, 0.4) is 0 Å². The molecular weight excluding hydrogens is 237 g/mol. The molecule has 1 aromatic carbocycles. The molecule has 0 aliphatic heterocycles. The fraction of sp³-hybridized carbons (Fsp3) is 0.647. The molecule has 1 aromatic rings. The van der Waals surface area contributed by atoms with Gasteiger partial charge in [0.05, 0.1) is 0 Å². The number of aryl methyl sites for hydroxylation is 1. The third-order valence-electron chi connectivity index (χ3n) is 4.26. The molecule has 0 heterocycles. The Morgan fingerprint density at radius 1 is 1.21 bits per heavy atom. The van der Waals surface area contributed by atoms with Crippen molar-refractivity contribution in [3.63, 3.8) is 0 Å². The third-order valence-corrected chi connectivity index (χ3v) is 4.26. The summed E-state index contributed by atoms with van der Waals surface area (Å²) in [6.07, 6.45) is 3.74. The molecule has 0 saturated heterocycles. The first-order valence-corrected chi connectivity index (χ1v) is 7.35. The van der Waals surface area contributed by atoms with E-state index < -0.39 is 0 Å². The zero-order chi connectivity index (χ0) is 14.0. The summed E-state index contributed by atoms with van der Waals surface area (Å²) in [6, 6.07) is 5.19. The predicted octanol–water partition coefficient (Wildman–Crippen LogP) is 4.09. The lowest BCUT2D eigenvalue weighted by atomic mass is 9.70. The van der Waals surface area contributed by atoms with Crippen LogP contribution in [-0.4, -0.2) is 12.1 Å². The van der Waals surface area contributed by atoms with Gasteiger partial charge in [-0.25, -0.2) is 4.39 Å². The highest BCUT2D eigenvalue weighted by Gasteiger charge is 2.31. The van der Waals surface area contributed by atoms with Gasteiger partial charge in [-0.1, -0.05) is 6.07 Å². The van der Waals surface area contributed by atoms with Crippen LogP contribution in [-0.2, 0) is 6.42 Å². The zero-order valence-corrected chi connectivity index (χ0v) is 12.6. The van der Waals surface area contributed by atoms with Crippen LogP contribution >= 0.6 is 0 Å². The molecule has 2 atom stereocenters. The molecule has 0 bridgehead atoms. The Balaban J connectivity index is 1.89. The van der Waals surface area contributed by atoms with Crippen molar-refractivity contribution in [3.8, 4) is 0 Å². The Bertz CT molecular complexity index is 433. The first-order chi connectivity index (χ1) is 8.85. The van der Waals surface area contributed by atoms with E-state index in [4.69, 9.17) is 0 Å². The monoisotopic (exact) mass is 263 g/mol. The van der Waals surface area contributed by atoms with E-state index in [1.54, 1.807) is 12.1 Å². The maximum atomic E-state index is 13.1. The number of nitrogens with one attached hydrogen (secondary N) is 1. The van der Waals surface area contributed by atoms with Gasteiger partial charge in [0.25, 0.3) is 0 Å². The molecule has 0 aromatic heterocycles. The molecule has 1 N–H and O–H groups in total. The van der Waals surface area contributed by atoms with Gasteiger partial charge in [0, 0.05) is 5.54 Å². The molecule has 19 heavy (non-hydrogen) atoms. The fourth-order valence-corrected chi connectivity index (χ4v) is 2.78. The maximum Gasteiger partial charge on any atom is 0.123 e. The van der Waals surface area contributed by atoms with E-state index in [0.717, 1.165) is 30.4 Å². The topological polar surface area (TPSA) is 12.0 Å². The maximum absolute atomic E-state index is 13.1. The Morgan fingerprint density at radius 3 is 2.42 bits per heavy atom. The number of rotatable bonds is 4. The molecule has 0 spiro atoms. The first kappa shape index (κ1) is 14.5. The summed E-state index contributed by atoms with van der Waals surface area (Å²) in [5, 5.41) is 3.60. The number of hydrogen-bond acceptors (Lipinski definition) is 1. The minimum Gasteiger partial charge on any atom is -0.312 e. The molecule has 1 saturated carbocycles. The van der Waals surface area contributed by atoms with Crippen molar-refractivity contribution in [2.24, 2.45) is 11.8 Å². The summed E-state index contributed by atoms with van der Waals surface area (Å²) in [4.78, 5) is 0. The van der Waals surface area contributed by atoms with Crippen molar-refractivity contribution < 1.29 is 4.39 Å². The SMILES string of the molecule is Cc1cc(F)ccc1CC1CCC1CNC(C)(C)C. The van der Waals surface area contributed by atoms with Crippen molar-refractivity contribution in [2.75, 3.05) is 6.54 Å². The van der Waals surface area contributed by atoms with Gasteiger partial charge in [0.2, 0.25) is 0 Å². The predicted molar refractivity (Wildman–Crippen MR) is 78.8 cm³/mol. The molecule has 1 aliphatic carbocycles. The van der Waals surface area contributed by atoms with Crippen molar-refractivity contribution in [2.45, 2.75) is 52.5 Å². The standard InChI is InChI=1S/C17H26FN/c1-12-9-16(18)8-7-13(12)10-14-5-6-15(14)11-19-17(2,3)4/h7-9,14-15,19H,5-6,10-11H2,1-4H3. The van der Waals surface area contributed by atoms with E-state index in [0.29, 0.717) is 0 Å². The number of halogens is 1. The van der Waals surface area contributed by atoms with Crippen molar-refractivity contribution in [3.05, 3.63) is 35.1 Å². The van der Waals surface area contributed by atoms with E-state index in [1.807, 2.05) is 13.0 Å². The highest BCUT2D eigenvalue weighted by molar-refractivity contribution is 5.27. The average Bonchev–Trinajstić information content (AvgIpc) is 2.24. The van der Waals surface area contributed by atoms with Gasteiger partial charge >= 0.3 is 0 Å². The second kappa shape index (κ2) is 5.62. The summed E-state index contributed by atoms with van der Waals surface area (Å²) in [5.41, 5.74) is 2.60.